The molecule has 1 saturated heterocycles. The summed E-state index contributed by atoms with van der Waals surface area (Å²) < 4.78 is 24.6. The molecule has 0 aliphatic carbocycles. The third kappa shape index (κ3) is 6.33. The lowest BCUT2D eigenvalue weighted by Crippen LogP contribution is -2.45. The Bertz CT molecular complexity index is 1490. The van der Waals surface area contributed by atoms with Gasteiger partial charge in [0.1, 0.15) is 42.8 Å². The first kappa shape index (κ1) is 27.6. The Hall–Kier alpha value is -4.58. The Kier molecular flexibility index (Phi) is 7.95. The van der Waals surface area contributed by atoms with Gasteiger partial charge in [-0.15, -0.1) is 0 Å². The number of nitrogens with zero attached hydrogens (tertiary/aromatic N) is 6. The first-order chi connectivity index (χ1) is 20.4. The van der Waals surface area contributed by atoms with Crippen LogP contribution in [-0.4, -0.2) is 63.4 Å². The van der Waals surface area contributed by atoms with Gasteiger partial charge in [0, 0.05) is 56.4 Å². The van der Waals surface area contributed by atoms with Gasteiger partial charge in [0.25, 0.3) is 0 Å². The number of aryl methyl sites for hydroxylation is 3. The Morgan fingerprint density at radius 2 is 1.69 bits per heavy atom. The topological polar surface area (TPSA) is 121 Å². The van der Waals surface area contributed by atoms with Crippen molar-refractivity contribution in [1.82, 2.24) is 19.6 Å². The number of nitro groups is 1. The largest absolute Gasteiger partial charge is 0.490 e. The second-order valence-electron chi connectivity index (χ2n) is 10.7. The molecule has 2 aromatic heterocycles. The zero-order valence-corrected chi connectivity index (χ0v) is 23.8. The van der Waals surface area contributed by atoms with Crippen molar-refractivity contribution in [2.45, 2.75) is 46.1 Å². The Labute approximate surface area is 243 Å². The van der Waals surface area contributed by atoms with Crippen LogP contribution in [0.2, 0.25) is 0 Å². The number of benzene rings is 2. The molecule has 0 spiro atoms. The summed E-state index contributed by atoms with van der Waals surface area (Å²) in [4.78, 5) is 19.2. The van der Waals surface area contributed by atoms with E-state index in [9.17, 15) is 10.1 Å². The lowest BCUT2D eigenvalue weighted by Gasteiger charge is -2.36. The monoisotopic (exact) mass is 574 g/mol. The van der Waals surface area contributed by atoms with E-state index in [1.165, 1.54) is 17.4 Å². The average molecular weight is 575 g/mol. The molecule has 2 aliphatic rings. The highest BCUT2D eigenvalue weighted by Gasteiger charge is 2.28. The highest BCUT2D eigenvalue weighted by molar-refractivity contribution is 5.49. The minimum Gasteiger partial charge on any atom is -0.490 e. The van der Waals surface area contributed by atoms with E-state index in [2.05, 4.69) is 44.2 Å². The van der Waals surface area contributed by atoms with Crippen LogP contribution >= 0.6 is 0 Å². The molecule has 12 heteroatoms. The first-order valence-electron chi connectivity index (χ1n) is 14.1. The fourth-order valence-corrected chi connectivity index (χ4v) is 5.26. The molecule has 1 fully saturated rings. The van der Waals surface area contributed by atoms with E-state index >= 15 is 0 Å². The lowest BCUT2D eigenvalue weighted by atomic mass is 10.1. The van der Waals surface area contributed by atoms with E-state index in [0.29, 0.717) is 26.2 Å². The number of piperazine rings is 1. The second-order valence-corrected chi connectivity index (χ2v) is 10.7. The number of aromatic nitrogens is 3. The van der Waals surface area contributed by atoms with Crippen molar-refractivity contribution >= 4 is 11.5 Å². The summed E-state index contributed by atoms with van der Waals surface area (Å²) in [5, 5.41) is 14.9. The first-order valence-corrected chi connectivity index (χ1v) is 14.1. The molecule has 0 N–H and O–H groups in total. The zero-order chi connectivity index (χ0) is 29.1. The van der Waals surface area contributed by atoms with Gasteiger partial charge in [-0.25, -0.2) is 0 Å². The Morgan fingerprint density at radius 3 is 2.38 bits per heavy atom. The van der Waals surface area contributed by atoms with Crippen LogP contribution in [0.4, 0.5) is 11.5 Å². The fourth-order valence-electron chi connectivity index (χ4n) is 5.26. The van der Waals surface area contributed by atoms with Crippen molar-refractivity contribution in [1.29, 1.82) is 0 Å². The molecule has 42 heavy (non-hydrogen) atoms. The number of fused-ring (bicyclic) bond motifs is 1. The summed E-state index contributed by atoms with van der Waals surface area (Å²) in [6.45, 7) is 10.0. The predicted molar refractivity (Wildman–Crippen MR) is 154 cm³/mol. The second kappa shape index (κ2) is 12.1. The van der Waals surface area contributed by atoms with E-state index < -0.39 is 4.92 Å². The van der Waals surface area contributed by atoms with Crippen LogP contribution < -0.4 is 19.1 Å². The van der Waals surface area contributed by atoms with E-state index in [1.807, 2.05) is 38.1 Å². The Balaban J connectivity index is 0.929. The molecule has 2 aliphatic heterocycles. The SMILES string of the molecule is Cc1noc(C)c1COc1ccc(CN2CCN(c3ccc(OC[C@H]4CCn5cc([N+](=O)[O-])nc5O4)cc3)CC2)cc1. The summed E-state index contributed by atoms with van der Waals surface area (Å²) in [6, 6.07) is 16.7. The van der Waals surface area contributed by atoms with Crippen LogP contribution in [0.3, 0.4) is 0 Å². The van der Waals surface area contributed by atoms with Crippen LogP contribution in [-0.2, 0) is 19.7 Å². The van der Waals surface area contributed by atoms with Crippen LogP contribution in [0.5, 0.6) is 17.5 Å². The van der Waals surface area contributed by atoms with Crippen molar-refractivity contribution in [2.24, 2.45) is 0 Å². The lowest BCUT2D eigenvalue weighted by molar-refractivity contribution is -0.389. The highest BCUT2D eigenvalue weighted by atomic mass is 16.6. The summed E-state index contributed by atoms with van der Waals surface area (Å²) in [6.07, 6.45) is 1.90. The van der Waals surface area contributed by atoms with Gasteiger partial charge in [0.05, 0.1) is 11.3 Å². The summed E-state index contributed by atoms with van der Waals surface area (Å²) >= 11 is 0. The number of hydrogen-bond donors (Lipinski definition) is 0. The molecule has 2 aromatic carbocycles. The number of anilines is 1. The molecule has 0 unspecified atom stereocenters. The number of rotatable bonds is 10. The molecular formula is C30H34N6O6. The molecule has 4 heterocycles. The van der Waals surface area contributed by atoms with Crippen molar-refractivity contribution in [3.05, 3.63) is 87.4 Å². The van der Waals surface area contributed by atoms with Gasteiger partial charge in [-0.2, -0.15) is 0 Å². The number of imidazole rings is 1. The molecule has 220 valence electrons. The standard InChI is InChI=1S/C30H34N6O6/c1-21-28(22(2)42-32-21)20-40-25-7-3-23(4-8-25)17-33-13-15-34(16-14-33)24-5-9-26(10-6-24)39-19-27-11-12-35-18-29(36(37)38)31-30(35)41-27/h3-10,18,27H,11-17,19-20H2,1-2H3/t27-/m1/s1. The third-order valence-corrected chi connectivity index (χ3v) is 7.78. The summed E-state index contributed by atoms with van der Waals surface area (Å²) in [5.41, 5.74) is 4.30. The van der Waals surface area contributed by atoms with E-state index in [0.717, 1.165) is 61.2 Å². The molecule has 0 amide bonds. The van der Waals surface area contributed by atoms with Crippen molar-refractivity contribution in [2.75, 3.05) is 37.7 Å². The van der Waals surface area contributed by atoms with Crippen LogP contribution in [0, 0.1) is 24.0 Å². The van der Waals surface area contributed by atoms with Crippen LogP contribution in [0.15, 0.2) is 59.3 Å². The van der Waals surface area contributed by atoms with Gasteiger partial charge in [-0.1, -0.05) is 17.3 Å². The molecule has 6 rings (SSSR count). The smallest absolute Gasteiger partial charge is 0.414 e. The van der Waals surface area contributed by atoms with Gasteiger partial charge in [0.2, 0.25) is 0 Å². The minimum absolute atomic E-state index is 0.201. The van der Waals surface area contributed by atoms with Crippen LogP contribution in [0.1, 0.15) is 29.0 Å². The molecule has 0 bridgehead atoms. The normalized spacial score (nSPS) is 17.0. The van der Waals surface area contributed by atoms with Crippen molar-refractivity contribution < 1.29 is 23.7 Å². The highest BCUT2D eigenvalue weighted by Crippen LogP contribution is 2.26. The zero-order valence-electron chi connectivity index (χ0n) is 23.8. The molecule has 4 aromatic rings. The van der Waals surface area contributed by atoms with Gasteiger partial charge in [-0.05, 0) is 60.7 Å². The van der Waals surface area contributed by atoms with E-state index in [4.69, 9.17) is 18.7 Å². The molecule has 1 atom stereocenters. The number of ether oxygens (including phenoxy) is 3. The van der Waals surface area contributed by atoms with Crippen molar-refractivity contribution in [3.8, 4) is 17.5 Å². The number of hydrogen-bond acceptors (Lipinski definition) is 10. The minimum atomic E-state index is -0.512. The maximum atomic E-state index is 11.0. The maximum absolute atomic E-state index is 11.0. The molecule has 12 nitrogen and oxygen atoms in total. The fraction of sp³-hybridized carbons (Fsp3) is 0.400. The van der Waals surface area contributed by atoms with E-state index in [1.54, 1.807) is 4.57 Å². The molecule has 0 saturated carbocycles. The molecular weight excluding hydrogens is 540 g/mol. The van der Waals surface area contributed by atoms with Gasteiger partial charge in [-0.3, -0.25) is 9.47 Å². The maximum Gasteiger partial charge on any atom is 0.414 e. The van der Waals surface area contributed by atoms with Crippen molar-refractivity contribution in [3.63, 3.8) is 0 Å². The predicted octanol–water partition coefficient (Wildman–Crippen LogP) is 4.53. The van der Waals surface area contributed by atoms with Crippen LogP contribution in [0.25, 0.3) is 0 Å². The quantitative estimate of drug-likeness (QED) is 0.197. The van der Waals surface area contributed by atoms with Gasteiger partial charge >= 0.3 is 11.8 Å². The van der Waals surface area contributed by atoms with Gasteiger partial charge < -0.3 is 33.7 Å². The summed E-state index contributed by atoms with van der Waals surface area (Å²) in [7, 11) is 0. The van der Waals surface area contributed by atoms with E-state index in [-0.39, 0.29) is 17.9 Å². The Morgan fingerprint density at radius 1 is 0.976 bits per heavy atom. The summed E-state index contributed by atoms with van der Waals surface area (Å²) in [5.74, 6) is 2.19. The third-order valence-electron chi connectivity index (χ3n) is 7.78. The molecule has 0 radical (unpaired) electrons. The average Bonchev–Trinajstić information content (AvgIpc) is 3.58. The van der Waals surface area contributed by atoms with Gasteiger partial charge in [0.15, 0.2) is 0 Å².